The lowest BCUT2D eigenvalue weighted by atomic mass is 10.1. The third kappa shape index (κ3) is 4.30. The van der Waals surface area contributed by atoms with Crippen molar-refractivity contribution in [3.8, 4) is 0 Å². The van der Waals surface area contributed by atoms with Crippen molar-refractivity contribution in [3.63, 3.8) is 0 Å². The van der Waals surface area contributed by atoms with E-state index in [0.29, 0.717) is 6.04 Å². The Bertz CT molecular complexity index is 411. The van der Waals surface area contributed by atoms with Gasteiger partial charge in [-0.15, -0.1) is 11.3 Å². The second-order valence-corrected chi connectivity index (χ2v) is 5.98. The first-order chi connectivity index (χ1) is 9.19. The number of hydrogen-bond donors (Lipinski definition) is 1. The van der Waals surface area contributed by atoms with E-state index < -0.39 is 0 Å². The Labute approximate surface area is 118 Å². The maximum Gasteiger partial charge on any atom is 0.261 e. The third-order valence-corrected chi connectivity index (χ3v) is 4.54. The number of aryl methyl sites for hydroxylation is 1. The van der Waals surface area contributed by atoms with Crippen LogP contribution in [0.3, 0.4) is 0 Å². The highest BCUT2D eigenvalue weighted by atomic mass is 32.1. The number of methoxy groups -OCH3 is 1. The molecule has 0 aliphatic carbocycles. The molecule has 106 valence electrons. The quantitative estimate of drug-likeness (QED) is 0.897. The summed E-state index contributed by atoms with van der Waals surface area (Å²) in [6, 6.07) is 2.27. The molecule has 0 saturated carbocycles. The minimum atomic E-state index is 0.0773. The highest BCUT2D eigenvalue weighted by molar-refractivity contribution is 7.12. The van der Waals surface area contributed by atoms with Crippen LogP contribution in [0.4, 0.5) is 0 Å². The number of ether oxygens (including phenoxy) is 1. The molecule has 0 spiro atoms. The summed E-state index contributed by atoms with van der Waals surface area (Å²) in [5.41, 5.74) is 1.16. The predicted molar refractivity (Wildman–Crippen MR) is 77.9 cm³/mol. The van der Waals surface area contributed by atoms with Gasteiger partial charge in [-0.25, -0.2) is 0 Å². The molecule has 5 heteroatoms. The van der Waals surface area contributed by atoms with E-state index in [9.17, 15) is 4.79 Å². The van der Waals surface area contributed by atoms with Gasteiger partial charge in [-0.2, -0.15) is 0 Å². The normalized spacial score (nSPS) is 17.6. The Hall–Kier alpha value is -0.910. The Balaban J connectivity index is 1.75. The lowest BCUT2D eigenvalue weighted by Gasteiger charge is -2.32. The van der Waals surface area contributed by atoms with Gasteiger partial charge in [0.1, 0.15) is 0 Å². The summed E-state index contributed by atoms with van der Waals surface area (Å²) in [5.74, 6) is 0.0773. The SMILES string of the molecule is COCCN1CCC(NC(=O)c2cc(C)cs2)CC1. The summed E-state index contributed by atoms with van der Waals surface area (Å²) >= 11 is 1.52. The van der Waals surface area contributed by atoms with Crippen LogP contribution in [0.2, 0.25) is 0 Å². The molecule has 0 aromatic carbocycles. The summed E-state index contributed by atoms with van der Waals surface area (Å²) in [4.78, 5) is 15.3. The van der Waals surface area contributed by atoms with Crippen molar-refractivity contribution in [1.29, 1.82) is 0 Å². The number of piperidine rings is 1. The molecule has 1 aliphatic heterocycles. The van der Waals surface area contributed by atoms with Gasteiger partial charge in [0.05, 0.1) is 11.5 Å². The van der Waals surface area contributed by atoms with Crippen molar-refractivity contribution in [3.05, 3.63) is 21.9 Å². The fraction of sp³-hybridized carbons (Fsp3) is 0.643. The molecule has 1 amide bonds. The van der Waals surface area contributed by atoms with Crippen LogP contribution in [-0.4, -0.2) is 50.2 Å². The number of rotatable bonds is 5. The highest BCUT2D eigenvalue weighted by Crippen LogP contribution is 2.15. The van der Waals surface area contributed by atoms with E-state index in [-0.39, 0.29) is 5.91 Å². The average molecular weight is 282 g/mol. The van der Waals surface area contributed by atoms with Crippen molar-refractivity contribution in [2.75, 3.05) is 33.4 Å². The Morgan fingerprint density at radius 3 is 2.84 bits per heavy atom. The van der Waals surface area contributed by atoms with Crippen molar-refractivity contribution < 1.29 is 9.53 Å². The molecular formula is C14H22N2O2S. The van der Waals surface area contributed by atoms with Crippen LogP contribution >= 0.6 is 11.3 Å². The number of hydrogen-bond acceptors (Lipinski definition) is 4. The maximum absolute atomic E-state index is 12.0. The first-order valence-corrected chi connectivity index (χ1v) is 7.64. The van der Waals surface area contributed by atoms with Crippen LogP contribution in [0.5, 0.6) is 0 Å². The van der Waals surface area contributed by atoms with Crippen molar-refractivity contribution in [2.24, 2.45) is 0 Å². The molecule has 2 heterocycles. The van der Waals surface area contributed by atoms with Gasteiger partial charge in [0.25, 0.3) is 5.91 Å². The van der Waals surface area contributed by atoms with Gasteiger partial charge < -0.3 is 15.0 Å². The number of nitrogens with one attached hydrogen (secondary N) is 1. The van der Waals surface area contributed by atoms with Crippen LogP contribution < -0.4 is 5.32 Å². The molecule has 1 saturated heterocycles. The number of amides is 1. The van der Waals surface area contributed by atoms with E-state index >= 15 is 0 Å². The van der Waals surface area contributed by atoms with Crippen LogP contribution in [0.25, 0.3) is 0 Å². The van der Waals surface area contributed by atoms with Crippen molar-refractivity contribution in [2.45, 2.75) is 25.8 Å². The molecule has 2 rings (SSSR count). The average Bonchev–Trinajstić information content (AvgIpc) is 2.85. The van der Waals surface area contributed by atoms with Gasteiger partial charge in [-0.3, -0.25) is 4.79 Å². The highest BCUT2D eigenvalue weighted by Gasteiger charge is 2.21. The molecule has 1 aromatic heterocycles. The van der Waals surface area contributed by atoms with Crippen LogP contribution in [-0.2, 0) is 4.74 Å². The maximum atomic E-state index is 12.0. The van der Waals surface area contributed by atoms with Crippen molar-refractivity contribution in [1.82, 2.24) is 10.2 Å². The third-order valence-electron chi connectivity index (χ3n) is 3.49. The fourth-order valence-electron chi connectivity index (χ4n) is 2.33. The number of thiophene rings is 1. The van der Waals surface area contributed by atoms with E-state index in [1.807, 2.05) is 18.4 Å². The first-order valence-electron chi connectivity index (χ1n) is 6.76. The van der Waals surface area contributed by atoms with Gasteiger partial charge in [0, 0.05) is 32.8 Å². The summed E-state index contributed by atoms with van der Waals surface area (Å²) in [6.45, 7) is 5.86. The number of likely N-dealkylation sites (tertiary alicyclic amines) is 1. The van der Waals surface area contributed by atoms with E-state index in [0.717, 1.165) is 49.5 Å². The molecule has 0 radical (unpaired) electrons. The summed E-state index contributed by atoms with van der Waals surface area (Å²) in [5, 5.41) is 5.15. The molecule has 1 aliphatic rings. The number of carbonyl (C=O) groups excluding carboxylic acids is 1. The zero-order valence-corrected chi connectivity index (χ0v) is 12.5. The molecule has 0 atom stereocenters. The number of carbonyl (C=O) groups is 1. The lowest BCUT2D eigenvalue weighted by Crippen LogP contribution is -2.45. The Morgan fingerprint density at radius 1 is 1.53 bits per heavy atom. The molecular weight excluding hydrogens is 260 g/mol. The second kappa shape index (κ2) is 7.03. The molecule has 1 N–H and O–H groups in total. The lowest BCUT2D eigenvalue weighted by molar-refractivity contribution is 0.0896. The van der Waals surface area contributed by atoms with Gasteiger partial charge in [-0.1, -0.05) is 0 Å². The zero-order valence-electron chi connectivity index (χ0n) is 11.6. The van der Waals surface area contributed by atoms with Crippen LogP contribution in [0.1, 0.15) is 28.1 Å². The molecule has 0 unspecified atom stereocenters. The second-order valence-electron chi connectivity index (χ2n) is 5.07. The summed E-state index contributed by atoms with van der Waals surface area (Å²) in [6.07, 6.45) is 2.06. The minimum Gasteiger partial charge on any atom is -0.383 e. The molecule has 0 bridgehead atoms. The van der Waals surface area contributed by atoms with E-state index in [2.05, 4.69) is 10.2 Å². The summed E-state index contributed by atoms with van der Waals surface area (Å²) in [7, 11) is 1.73. The molecule has 4 nitrogen and oxygen atoms in total. The van der Waals surface area contributed by atoms with E-state index in [4.69, 9.17) is 4.74 Å². The standard InChI is InChI=1S/C14H22N2O2S/c1-11-9-13(19-10-11)14(17)15-12-3-5-16(6-4-12)7-8-18-2/h9-10,12H,3-8H2,1-2H3,(H,15,17). The minimum absolute atomic E-state index is 0.0773. The molecule has 1 aromatic rings. The fourth-order valence-corrected chi connectivity index (χ4v) is 3.13. The Kier molecular flexibility index (Phi) is 5.36. The predicted octanol–water partition coefficient (Wildman–Crippen LogP) is 1.90. The van der Waals surface area contributed by atoms with Gasteiger partial charge in [0.15, 0.2) is 0 Å². The van der Waals surface area contributed by atoms with Crippen molar-refractivity contribution >= 4 is 17.2 Å². The zero-order chi connectivity index (χ0) is 13.7. The van der Waals surface area contributed by atoms with Gasteiger partial charge in [-0.05, 0) is 36.8 Å². The van der Waals surface area contributed by atoms with Gasteiger partial charge in [0.2, 0.25) is 0 Å². The monoisotopic (exact) mass is 282 g/mol. The van der Waals surface area contributed by atoms with Gasteiger partial charge >= 0.3 is 0 Å². The molecule has 1 fully saturated rings. The van der Waals surface area contributed by atoms with E-state index in [1.165, 1.54) is 11.3 Å². The largest absolute Gasteiger partial charge is 0.383 e. The van der Waals surface area contributed by atoms with E-state index in [1.54, 1.807) is 7.11 Å². The topological polar surface area (TPSA) is 41.6 Å². The smallest absolute Gasteiger partial charge is 0.261 e. The first kappa shape index (κ1) is 14.5. The van der Waals surface area contributed by atoms with Crippen LogP contribution in [0, 0.1) is 6.92 Å². The molecule has 19 heavy (non-hydrogen) atoms. The number of nitrogens with zero attached hydrogens (tertiary/aromatic N) is 1. The Morgan fingerprint density at radius 2 is 2.26 bits per heavy atom. The summed E-state index contributed by atoms with van der Waals surface area (Å²) < 4.78 is 5.09. The van der Waals surface area contributed by atoms with Crippen LogP contribution in [0.15, 0.2) is 11.4 Å².